The highest BCUT2D eigenvalue weighted by molar-refractivity contribution is 7.80. The van der Waals surface area contributed by atoms with E-state index in [9.17, 15) is 4.79 Å². The Balaban J connectivity index is 2.12. The SMILES string of the molecule is COc1cccc(C(=O)N[C@@H](NC(=S)Nc2cc(Cl)ccc2Cl)C(Cl)(Cl)Cl)c1. The van der Waals surface area contributed by atoms with Gasteiger partial charge in [0, 0.05) is 10.6 Å². The molecule has 2 aromatic carbocycles. The summed E-state index contributed by atoms with van der Waals surface area (Å²) in [5, 5.41) is 9.07. The van der Waals surface area contributed by atoms with Crippen LogP contribution in [0.5, 0.6) is 5.75 Å². The third-order valence-electron chi connectivity index (χ3n) is 3.39. The van der Waals surface area contributed by atoms with E-state index in [0.29, 0.717) is 27.0 Å². The quantitative estimate of drug-likeness (QED) is 0.290. The highest BCUT2D eigenvalue weighted by Crippen LogP contribution is 2.30. The summed E-state index contributed by atoms with van der Waals surface area (Å²) in [7, 11) is 1.49. The maximum absolute atomic E-state index is 12.5. The summed E-state index contributed by atoms with van der Waals surface area (Å²) in [6.07, 6.45) is -1.14. The zero-order valence-corrected chi connectivity index (χ0v) is 18.8. The maximum Gasteiger partial charge on any atom is 0.253 e. The number of hydrogen-bond acceptors (Lipinski definition) is 3. The fraction of sp³-hybridized carbons (Fsp3) is 0.176. The van der Waals surface area contributed by atoms with Crippen LogP contribution in [0.25, 0.3) is 0 Å². The number of ether oxygens (including phenoxy) is 1. The predicted octanol–water partition coefficient (Wildman–Crippen LogP) is 5.41. The molecule has 0 aliphatic heterocycles. The molecule has 0 fully saturated rings. The Morgan fingerprint density at radius 1 is 1.11 bits per heavy atom. The number of amides is 1. The van der Waals surface area contributed by atoms with Crippen molar-refractivity contribution in [3.8, 4) is 5.75 Å². The summed E-state index contributed by atoms with van der Waals surface area (Å²) in [5.74, 6) is 0.0186. The van der Waals surface area contributed by atoms with Crippen molar-refractivity contribution in [2.75, 3.05) is 12.4 Å². The minimum absolute atomic E-state index is 0.0615. The van der Waals surface area contributed by atoms with E-state index >= 15 is 0 Å². The first-order valence-electron chi connectivity index (χ1n) is 7.64. The van der Waals surface area contributed by atoms with E-state index in [-0.39, 0.29) is 5.11 Å². The maximum atomic E-state index is 12.5. The second kappa shape index (κ2) is 10.1. The van der Waals surface area contributed by atoms with Crippen LogP contribution in [0.2, 0.25) is 10.0 Å². The van der Waals surface area contributed by atoms with Crippen LogP contribution in [0.3, 0.4) is 0 Å². The highest BCUT2D eigenvalue weighted by Gasteiger charge is 2.35. The largest absolute Gasteiger partial charge is 0.497 e. The van der Waals surface area contributed by atoms with Gasteiger partial charge in [-0.3, -0.25) is 4.79 Å². The first kappa shape index (κ1) is 23.1. The molecule has 0 saturated heterocycles. The molecule has 2 aromatic rings. The third kappa shape index (κ3) is 6.72. The number of benzene rings is 2. The van der Waals surface area contributed by atoms with Crippen LogP contribution in [0.4, 0.5) is 5.69 Å². The van der Waals surface area contributed by atoms with Crippen LogP contribution < -0.4 is 20.7 Å². The lowest BCUT2D eigenvalue weighted by atomic mass is 10.2. The van der Waals surface area contributed by atoms with Gasteiger partial charge in [-0.05, 0) is 48.6 Å². The van der Waals surface area contributed by atoms with Crippen molar-refractivity contribution in [2.24, 2.45) is 0 Å². The van der Waals surface area contributed by atoms with Gasteiger partial charge < -0.3 is 20.7 Å². The van der Waals surface area contributed by atoms with Crippen molar-refractivity contribution in [3.05, 3.63) is 58.1 Å². The van der Waals surface area contributed by atoms with Gasteiger partial charge in [0.25, 0.3) is 5.91 Å². The minimum Gasteiger partial charge on any atom is -0.497 e. The van der Waals surface area contributed by atoms with Crippen LogP contribution in [0, 0.1) is 0 Å². The van der Waals surface area contributed by atoms with Crippen molar-refractivity contribution < 1.29 is 9.53 Å². The van der Waals surface area contributed by atoms with Crippen molar-refractivity contribution in [3.63, 3.8) is 0 Å². The first-order valence-corrected chi connectivity index (χ1v) is 9.94. The number of carbonyl (C=O) groups is 1. The van der Waals surface area contributed by atoms with Crippen molar-refractivity contribution in [1.29, 1.82) is 0 Å². The van der Waals surface area contributed by atoms with E-state index in [1.807, 2.05) is 0 Å². The Bertz CT molecular complexity index is 876. The Morgan fingerprint density at radius 2 is 1.82 bits per heavy atom. The number of thiocarbonyl (C=S) groups is 1. The Labute approximate surface area is 192 Å². The molecule has 5 nitrogen and oxygen atoms in total. The van der Waals surface area contributed by atoms with Gasteiger partial charge in [-0.25, -0.2) is 0 Å². The normalized spacial score (nSPS) is 12.1. The van der Waals surface area contributed by atoms with Gasteiger partial charge in [-0.1, -0.05) is 64.1 Å². The van der Waals surface area contributed by atoms with Crippen LogP contribution in [-0.2, 0) is 0 Å². The lowest BCUT2D eigenvalue weighted by Gasteiger charge is -2.28. The topological polar surface area (TPSA) is 62.4 Å². The molecule has 0 heterocycles. The second-order valence-corrected chi connectivity index (χ2v) is 9.02. The Morgan fingerprint density at radius 3 is 2.46 bits per heavy atom. The molecule has 28 heavy (non-hydrogen) atoms. The van der Waals surface area contributed by atoms with Gasteiger partial charge in [0.2, 0.25) is 3.79 Å². The molecule has 0 radical (unpaired) electrons. The molecule has 0 unspecified atom stereocenters. The lowest BCUT2D eigenvalue weighted by molar-refractivity contribution is 0.0934. The summed E-state index contributed by atoms with van der Waals surface area (Å²) >= 11 is 35.2. The van der Waals surface area contributed by atoms with Gasteiger partial charge in [0.15, 0.2) is 5.11 Å². The molecule has 0 aromatic heterocycles. The molecule has 2 rings (SSSR count). The van der Waals surface area contributed by atoms with Crippen LogP contribution >= 0.6 is 70.2 Å². The molecule has 0 aliphatic rings. The molecule has 1 amide bonds. The van der Waals surface area contributed by atoms with Crippen molar-refractivity contribution >= 4 is 86.9 Å². The van der Waals surface area contributed by atoms with Gasteiger partial charge in [-0.2, -0.15) is 0 Å². The van der Waals surface area contributed by atoms with E-state index in [2.05, 4.69) is 16.0 Å². The number of halogens is 5. The van der Waals surface area contributed by atoms with E-state index in [1.165, 1.54) is 7.11 Å². The van der Waals surface area contributed by atoms with Gasteiger partial charge in [0.1, 0.15) is 11.9 Å². The van der Waals surface area contributed by atoms with E-state index in [4.69, 9.17) is 75.0 Å². The number of carbonyl (C=O) groups excluding carboxylic acids is 1. The number of rotatable bonds is 5. The molecule has 0 aliphatic carbocycles. The van der Waals surface area contributed by atoms with Gasteiger partial charge in [0.05, 0.1) is 17.8 Å². The summed E-state index contributed by atoms with van der Waals surface area (Å²) in [4.78, 5) is 12.5. The number of methoxy groups -OCH3 is 1. The fourth-order valence-corrected chi connectivity index (χ4v) is 2.95. The van der Waals surface area contributed by atoms with Crippen molar-refractivity contribution in [1.82, 2.24) is 10.6 Å². The average Bonchev–Trinajstić information content (AvgIpc) is 2.63. The second-order valence-electron chi connectivity index (χ2n) is 5.40. The highest BCUT2D eigenvalue weighted by atomic mass is 35.6. The van der Waals surface area contributed by atoms with E-state index in [0.717, 1.165) is 0 Å². The van der Waals surface area contributed by atoms with Crippen LogP contribution in [0.1, 0.15) is 10.4 Å². The molecule has 11 heteroatoms. The smallest absolute Gasteiger partial charge is 0.253 e. The zero-order chi connectivity index (χ0) is 20.9. The standard InChI is InChI=1S/C17H14Cl5N3O2S/c1-27-11-4-2-3-9(7-11)14(26)24-15(17(20,21)22)25-16(28)23-13-8-10(18)5-6-12(13)19/h2-8,15H,1H3,(H,24,26)(H2,23,25,28)/t15-/m0/s1. The molecule has 0 bridgehead atoms. The summed E-state index contributed by atoms with van der Waals surface area (Å²) < 4.78 is 3.20. The Hall–Kier alpha value is -1.15. The number of anilines is 1. The van der Waals surface area contributed by atoms with Gasteiger partial charge in [-0.15, -0.1) is 0 Å². The predicted molar refractivity (Wildman–Crippen MR) is 120 cm³/mol. The summed E-state index contributed by atoms with van der Waals surface area (Å²) in [5.41, 5.74) is 0.769. The molecular formula is C17H14Cl5N3O2S. The summed E-state index contributed by atoms with van der Waals surface area (Å²) in [6.45, 7) is 0. The molecule has 0 spiro atoms. The number of alkyl halides is 3. The zero-order valence-electron chi connectivity index (χ0n) is 14.2. The van der Waals surface area contributed by atoms with E-state index < -0.39 is 15.9 Å². The first-order chi connectivity index (χ1) is 13.1. The third-order valence-corrected chi connectivity index (χ3v) is 4.83. The lowest BCUT2D eigenvalue weighted by Crippen LogP contribution is -2.56. The fourth-order valence-electron chi connectivity index (χ4n) is 2.06. The monoisotopic (exact) mass is 499 g/mol. The average molecular weight is 502 g/mol. The molecule has 3 N–H and O–H groups in total. The van der Waals surface area contributed by atoms with E-state index in [1.54, 1.807) is 42.5 Å². The van der Waals surface area contributed by atoms with Crippen LogP contribution in [0.15, 0.2) is 42.5 Å². The molecule has 0 saturated carbocycles. The Kier molecular flexibility index (Phi) is 8.30. The van der Waals surface area contributed by atoms with Crippen LogP contribution in [-0.4, -0.2) is 28.1 Å². The molecular weight excluding hydrogens is 488 g/mol. The van der Waals surface area contributed by atoms with Gasteiger partial charge >= 0.3 is 0 Å². The molecule has 150 valence electrons. The minimum atomic E-state index is -1.90. The summed E-state index contributed by atoms with van der Waals surface area (Å²) in [6, 6.07) is 11.3. The number of nitrogens with one attached hydrogen (secondary N) is 3. The van der Waals surface area contributed by atoms with Crippen molar-refractivity contribution in [2.45, 2.75) is 9.96 Å². The molecule has 1 atom stereocenters. The number of hydrogen-bond donors (Lipinski definition) is 3.